The van der Waals surface area contributed by atoms with Crippen LogP contribution in [0.15, 0.2) is 36.9 Å². The second-order valence-corrected chi connectivity index (χ2v) is 4.39. The number of hydrogen-bond donors (Lipinski definition) is 2. The lowest BCUT2D eigenvalue weighted by Gasteiger charge is -2.08. The molecule has 6 heteroatoms. The van der Waals surface area contributed by atoms with Gasteiger partial charge in [0.15, 0.2) is 0 Å². The Hall–Kier alpha value is -2.34. The first-order chi connectivity index (χ1) is 9.28. The monoisotopic (exact) mass is 257 g/mol. The molecule has 0 amide bonds. The number of nitrogen functional groups attached to an aromatic ring is 1. The average Bonchev–Trinajstić information content (AvgIpc) is 3.02. The van der Waals surface area contributed by atoms with E-state index in [0.29, 0.717) is 11.5 Å². The second kappa shape index (κ2) is 4.74. The molecule has 0 saturated heterocycles. The van der Waals surface area contributed by atoms with Crippen LogP contribution >= 0.6 is 0 Å². The molecule has 0 spiro atoms. The number of fused-ring (bicyclic) bond motifs is 1. The van der Waals surface area contributed by atoms with Gasteiger partial charge in [0.05, 0.1) is 17.4 Å². The summed E-state index contributed by atoms with van der Waals surface area (Å²) in [6.07, 6.45) is 5.44. The number of aliphatic hydroxyl groups excluding tert-OH is 1. The lowest BCUT2D eigenvalue weighted by molar-refractivity contribution is 0.265. The van der Waals surface area contributed by atoms with Gasteiger partial charge in [0.1, 0.15) is 12.4 Å². The predicted molar refractivity (Wildman–Crippen MR) is 72.3 cm³/mol. The Labute approximate surface area is 110 Å². The van der Waals surface area contributed by atoms with Gasteiger partial charge in [-0.2, -0.15) is 0 Å². The average molecular weight is 257 g/mol. The van der Waals surface area contributed by atoms with Crippen molar-refractivity contribution in [3.05, 3.63) is 42.7 Å². The summed E-state index contributed by atoms with van der Waals surface area (Å²) >= 11 is 0. The highest BCUT2D eigenvalue weighted by Crippen LogP contribution is 2.19. The third-order valence-corrected chi connectivity index (χ3v) is 3.13. The smallest absolute Gasteiger partial charge is 0.135 e. The first-order valence-electron chi connectivity index (χ1n) is 6.09. The van der Waals surface area contributed by atoms with E-state index >= 15 is 0 Å². The summed E-state index contributed by atoms with van der Waals surface area (Å²) in [6.45, 7) is 1.42. The molecule has 0 aliphatic rings. The van der Waals surface area contributed by atoms with Gasteiger partial charge in [-0.3, -0.25) is 0 Å². The fraction of sp³-hybridized carbons (Fsp3) is 0.231. The van der Waals surface area contributed by atoms with Gasteiger partial charge in [-0.25, -0.2) is 9.97 Å². The van der Waals surface area contributed by atoms with E-state index in [1.165, 1.54) is 0 Å². The van der Waals surface area contributed by atoms with E-state index in [1.54, 1.807) is 12.5 Å². The largest absolute Gasteiger partial charge is 0.399 e. The Morgan fingerprint density at radius 3 is 2.89 bits per heavy atom. The molecule has 0 bridgehead atoms. The zero-order chi connectivity index (χ0) is 13.2. The molecule has 3 rings (SSSR count). The number of aliphatic hydroxyl groups is 1. The number of aromatic nitrogens is 4. The summed E-state index contributed by atoms with van der Waals surface area (Å²) in [6, 6.07) is 5.60. The Balaban J connectivity index is 1.96. The molecule has 6 nitrogen and oxygen atoms in total. The van der Waals surface area contributed by atoms with Crippen molar-refractivity contribution in [3.8, 4) is 0 Å². The van der Waals surface area contributed by atoms with E-state index < -0.39 is 0 Å². The van der Waals surface area contributed by atoms with E-state index in [2.05, 4.69) is 9.97 Å². The van der Waals surface area contributed by atoms with Crippen LogP contribution in [0, 0.1) is 0 Å². The van der Waals surface area contributed by atoms with E-state index in [9.17, 15) is 5.11 Å². The quantitative estimate of drug-likeness (QED) is 0.683. The first kappa shape index (κ1) is 11.7. The normalized spacial score (nSPS) is 11.2. The highest BCUT2D eigenvalue weighted by atomic mass is 16.3. The van der Waals surface area contributed by atoms with Gasteiger partial charge in [-0.15, -0.1) is 0 Å². The molecule has 3 aromatic rings. The molecular weight excluding hydrogens is 242 g/mol. The van der Waals surface area contributed by atoms with Gasteiger partial charge in [0.2, 0.25) is 0 Å². The van der Waals surface area contributed by atoms with Crippen LogP contribution in [0.5, 0.6) is 0 Å². The molecule has 0 aliphatic carbocycles. The molecule has 0 radical (unpaired) electrons. The van der Waals surface area contributed by atoms with Gasteiger partial charge < -0.3 is 20.0 Å². The highest BCUT2D eigenvalue weighted by molar-refractivity contribution is 5.79. The van der Waals surface area contributed by atoms with Crippen molar-refractivity contribution < 1.29 is 5.11 Å². The minimum absolute atomic E-state index is 0.0848. The summed E-state index contributed by atoms with van der Waals surface area (Å²) in [7, 11) is 0. The zero-order valence-corrected chi connectivity index (χ0v) is 10.4. The standard InChI is InChI=1S/C13H15N5O/c14-10-1-2-12-11(7-10)16-13(8-19)18(12)6-5-17-4-3-15-9-17/h1-4,7,9,19H,5-6,8,14H2. The van der Waals surface area contributed by atoms with Crippen molar-refractivity contribution in [1.29, 1.82) is 0 Å². The fourth-order valence-electron chi connectivity index (χ4n) is 2.20. The first-order valence-corrected chi connectivity index (χ1v) is 6.09. The van der Waals surface area contributed by atoms with Crippen LogP contribution in [0.4, 0.5) is 5.69 Å². The van der Waals surface area contributed by atoms with Gasteiger partial charge in [-0.1, -0.05) is 0 Å². The maximum absolute atomic E-state index is 9.41. The summed E-state index contributed by atoms with van der Waals surface area (Å²) in [5.74, 6) is 0.653. The third kappa shape index (κ3) is 2.17. The number of benzene rings is 1. The number of rotatable bonds is 4. The number of hydrogen-bond acceptors (Lipinski definition) is 4. The maximum Gasteiger partial charge on any atom is 0.135 e. The molecule has 0 aliphatic heterocycles. The molecule has 98 valence electrons. The van der Waals surface area contributed by atoms with E-state index in [1.807, 2.05) is 33.5 Å². The second-order valence-electron chi connectivity index (χ2n) is 4.39. The van der Waals surface area contributed by atoms with Gasteiger partial charge in [-0.05, 0) is 18.2 Å². The van der Waals surface area contributed by atoms with Crippen LogP contribution in [0.3, 0.4) is 0 Å². The van der Waals surface area contributed by atoms with Gasteiger partial charge in [0.25, 0.3) is 0 Å². The van der Waals surface area contributed by atoms with Crippen molar-refractivity contribution in [2.24, 2.45) is 0 Å². The molecular formula is C13H15N5O. The topological polar surface area (TPSA) is 81.9 Å². The summed E-state index contributed by atoms with van der Waals surface area (Å²) < 4.78 is 4.00. The van der Waals surface area contributed by atoms with Crippen LogP contribution in [-0.4, -0.2) is 24.2 Å². The van der Waals surface area contributed by atoms with Crippen LogP contribution in [0.2, 0.25) is 0 Å². The molecule has 0 unspecified atom stereocenters. The number of anilines is 1. The molecule has 3 N–H and O–H groups in total. The van der Waals surface area contributed by atoms with Crippen molar-refractivity contribution in [2.45, 2.75) is 19.7 Å². The Kier molecular flexibility index (Phi) is 2.92. The van der Waals surface area contributed by atoms with Gasteiger partial charge in [0, 0.05) is 31.2 Å². The summed E-state index contributed by atoms with van der Waals surface area (Å²) in [5.41, 5.74) is 8.23. The van der Waals surface area contributed by atoms with E-state index in [4.69, 9.17) is 5.73 Å². The Morgan fingerprint density at radius 2 is 2.16 bits per heavy atom. The van der Waals surface area contributed by atoms with Crippen LogP contribution in [0.25, 0.3) is 11.0 Å². The minimum atomic E-state index is -0.0848. The Morgan fingerprint density at radius 1 is 1.26 bits per heavy atom. The van der Waals surface area contributed by atoms with Crippen molar-refractivity contribution in [2.75, 3.05) is 5.73 Å². The summed E-state index contributed by atoms with van der Waals surface area (Å²) in [5, 5.41) is 9.41. The number of nitrogens with two attached hydrogens (primary N) is 1. The van der Waals surface area contributed by atoms with Crippen LogP contribution in [0.1, 0.15) is 5.82 Å². The molecule has 19 heavy (non-hydrogen) atoms. The van der Waals surface area contributed by atoms with Crippen LogP contribution in [-0.2, 0) is 19.7 Å². The van der Waals surface area contributed by atoms with Crippen molar-refractivity contribution in [1.82, 2.24) is 19.1 Å². The summed E-state index contributed by atoms with van der Waals surface area (Å²) in [4.78, 5) is 8.41. The zero-order valence-electron chi connectivity index (χ0n) is 10.4. The number of aryl methyl sites for hydroxylation is 2. The van der Waals surface area contributed by atoms with Gasteiger partial charge >= 0.3 is 0 Å². The third-order valence-electron chi connectivity index (χ3n) is 3.13. The minimum Gasteiger partial charge on any atom is -0.399 e. The molecule has 0 fully saturated rings. The molecule has 0 atom stereocenters. The number of imidazole rings is 2. The molecule has 0 saturated carbocycles. The SMILES string of the molecule is Nc1ccc2c(c1)nc(CO)n2CCn1ccnc1. The van der Waals surface area contributed by atoms with Crippen molar-refractivity contribution >= 4 is 16.7 Å². The predicted octanol–water partition coefficient (Wildman–Crippen LogP) is 1.01. The van der Waals surface area contributed by atoms with E-state index in [0.717, 1.165) is 24.1 Å². The van der Waals surface area contributed by atoms with Crippen LogP contribution < -0.4 is 5.73 Å². The molecule has 1 aromatic carbocycles. The molecule has 2 heterocycles. The molecule has 2 aromatic heterocycles. The lowest BCUT2D eigenvalue weighted by Crippen LogP contribution is -2.09. The lowest BCUT2D eigenvalue weighted by atomic mass is 10.3. The fourth-order valence-corrected chi connectivity index (χ4v) is 2.20. The van der Waals surface area contributed by atoms with E-state index in [-0.39, 0.29) is 6.61 Å². The Bertz CT molecular complexity index is 686. The van der Waals surface area contributed by atoms with Crippen molar-refractivity contribution in [3.63, 3.8) is 0 Å². The highest BCUT2D eigenvalue weighted by Gasteiger charge is 2.09. The number of nitrogens with zero attached hydrogens (tertiary/aromatic N) is 4. The maximum atomic E-state index is 9.41.